The predicted octanol–water partition coefficient (Wildman–Crippen LogP) is 6.02. The molecule has 0 radical (unpaired) electrons. The summed E-state index contributed by atoms with van der Waals surface area (Å²) in [5.41, 5.74) is 4.30. The zero-order valence-corrected chi connectivity index (χ0v) is 17.1. The molecule has 0 aromatic heterocycles. The van der Waals surface area contributed by atoms with Gasteiger partial charge in [-0.2, -0.15) is 0 Å². The summed E-state index contributed by atoms with van der Waals surface area (Å²) < 4.78 is 7.02. The van der Waals surface area contributed by atoms with Gasteiger partial charge in [-0.25, -0.2) is 0 Å². The number of nitrogens with one attached hydrogen (secondary N) is 1. The Kier molecular flexibility index (Phi) is 5.18. The number of anilines is 1. The molecule has 3 nitrogen and oxygen atoms in total. The molecular weight excluding hydrogens is 473 g/mol. The van der Waals surface area contributed by atoms with Crippen molar-refractivity contribution >= 4 is 57.4 Å². The lowest BCUT2D eigenvalue weighted by Gasteiger charge is -2.09. The van der Waals surface area contributed by atoms with Crippen LogP contribution in [0.2, 0.25) is 5.02 Å². The van der Waals surface area contributed by atoms with Gasteiger partial charge in [0.1, 0.15) is 12.4 Å². The van der Waals surface area contributed by atoms with Crippen LogP contribution in [0.1, 0.15) is 16.7 Å². The third-order valence-corrected chi connectivity index (χ3v) is 5.30. The first kappa shape index (κ1) is 18.1. The maximum absolute atomic E-state index is 12.2. The molecule has 1 aliphatic rings. The normalized spacial score (nSPS) is 14.1. The number of para-hydroxylation sites is 1. The van der Waals surface area contributed by atoms with E-state index in [9.17, 15) is 4.79 Å². The lowest BCUT2D eigenvalue weighted by Crippen LogP contribution is -2.03. The molecule has 1 amide bonds. The number of fused-ring (bicyclic) bond motifs is 1. The van der Waals surface area contributed by atoms with Crippen LogP contribution in [0.3, 0.4) is 0 Å². The van der Waals surface area contributed by atoms with E-state index in [1.165, 1.54) is 3.57 Å². The standard InChI is InChI=1S/C22H15ClINO2/c23-19-12-15(11-18-17-3-1-2-4-20(17)25-22(18)26)7-10-21(19)27-13-14-5-8-16(24)9-6-14/h1-12H,13H2,(H,25,26)/b18-11+. The summed E-state index contributed by atoms with van der Waals surface area (Å²) in [7, 11) is 0. The van der Waals surface area contributed by atoms with Crippen molar-refractivity contribution in [3.05, 3.63) is 92.0 Å². The fraction of sp³-hybridized carbons (Fsp3) is 0.0455. The number of rotatable bonds is 4. The van der Waals surface area contributed by atoms with Gasteiger partial charge in [-0.1, -0.05) is 48.0 Å². The number of halogens is 2. The van der Waals surface area contributed by atoms with E-state index in [0.29, 0.717) is 23.0 Å². The summed E-state index contributed by atoms with van der Waals surface area (Å²) in [4.78, 5) is 12.2. The van der Waals surface area contributed by atoms with Crippen molar-refractivity contribution in [2.75, 3.05) is 5.32 Å². The molecule has 4 rings (SSSR count). The highest BCUT2D eigenvalue weighted by atomic mass is 127. The fourth-order valence-corrected chi connectivity index (χ4v) is 3.52. The molecule has 0 aliphatic carbocycles. The van der Waals surface area contributed by atoms with Gasteiger partial charge >= 0.3 is 0 Å². The van der Waals surface area contributed by atoms with Crippen LogP contribution in [0, 0.1) is 3.57 Å². The number of amides is 1. The molecule has 1 heterocycles. The average Bonchev–Trinajstić information content (AvgIpc) is 2.98. The van der Waals surface area contributed by atoms with Crippen LogP contribution in [-0.2, 0) is 11.4 Å². The lowest BCUT2D eigenvalue weighted by atomic mass is 10.0. The first-order chi connectivity index (χ1) is 13.1. The summed E-state index contributed by atoms with van der Waals surface area (Å²) in [6.07, 6.45) is 1.84. The molecule has 0 unspecified atom stereocenters. The van der Waals surface area contributed by atoms with Crippen LogP contribution in [-0.4, -0.2) is 5.91 Å². The zero-order chi connectivity index (χ0) is 18.8. The van der Waals surface area contributed by atoms with Gasteiger partial charge in [0.05, 0.1) is 5.02 Å². The minimum absolute atomic E-state index is 0.105. The number of ether oxygens (including phenoxy) is 1. The highest BCUT2D eigenvalue weighted by molar-refractivity contribution is 14.1. The van der Waals surface area contributed by atoms with E-state index < -0.39 is 0 Å². The summed E-state index contributed by atoms with van der Waals surface area (Å²) in [6.45, 7) is 0.451. The van der Waals surface area contributed by atoms with Gasteiger partial charge in [0.2, 0.25) is 0 Å². The molecule has 3 aromatic carbocycles. The molecule has 134 valence electrons. The van der Waals surface area contributed by atoms with E-state index in [0.717, 1.165) is 22.4 Å². The van der Waals surface area contributed by atoms with Crippen LogP contribution in [0.5, 0.6) is 5.75 Å². The minimum atomic E-state index is -0.105. The third-order valence-electron chi connectivity index (χ3n) is 4.28. The molecule has 0 spiro atoms. The van der Waals surface area contributed by atoms with Crippen LogP contribution >= 0.6 is 34.2 Å². The Hall–Kier alpha value is -2.31. The van der Waals surface area contributed by atoms with E-state index >= 15 is 0 Å². The Bertz CT molecular complexity index is 1040. The second-order valence-corrected chi connectivity index (χ2v) is 7.82. The van der Waals surface area contributed by atoms with Crippen molar-refractivity contribution in [1.29, 1.82) is 0 Å². The van der Waals surface area contributed by atoms with Gasteiger partial charge in [0.25, 0.3) is 5.91 Å². The van der Waals surface area contributed by atoms with Gasteiger partial charge < -0.3 is 10.1 Å². The number of carbonyl (C=O) groups is 1. The zero-order valence-electron chi connectivity index (χ0n) is 14.2. The predicted molar refractivity (Wildman–Crippen MR) is 118 cm³/mol. The molecule has 1 N–H and O–H groups in total. The quantitative estimate of drug-likeness (QED) is 0.361. The van der Waals surface area contributed by atoms with Crippen molar-refractivity contribution in [3.63, 3.8) is 0 Å². The van der Waals surface area contributed by atoms with Crippen LogP contribution in [0.25, 0.3) is 11.6 Å². The largest absolute Gasteiger partial charge is 0.487 e. The number of hydrogen-bond acceptors (Lipinski definition) is 2. The SMILES string of the molecule is O=C1Nc2ccccc2/C1=C\c1ccc(OCc2ccc(I)cc2)c(Cl)c1. The molecule has 5 heteroatoms. The van der Waals surface area contributed by atoms with Crippen molar-refractivity contribution in [3.8, 4) is 5.75 Å². The van der Waals surface area contributed by atoms with E-state index in [4.69, 9.17) is 16.3 Å². The van der Waals surface area contributed by atoms with E-state index in [-0.39, 0.29) is 5.91 Å². The Morgan fingerprint density at radius 1 is 1.04 bits per heavy atom. The fourth-order valence-electron chi connectivity index (χ4n) is 2.91. The number of hydrogen-bond donors (Lipinski definition) is 1. The van der Waals surface area contributed by atoms with Gasteiger partial charge in [-0.05, 0) is 70.1 Å². The second kappa shape index (κ2) is 7.74. The van der Waals surface area contributed by atoms with Crippen LogP contribution in [0.15, 0.2) is 66.7 Å². The monoisotopic (exact) mass is 487 g/mol. The summed E-state index contributed by atoms with van der Waals surface area (Å²) >= 11 is 8.66. The maximum Gasteiger partial charge on any atom is 0.256 e. The molecule has 0 saturated heterocycles. The highest BCUT2D eigenvalue weighted by Crippen LogP contribution is 2.34. The van der Waals surface area contributed by atoms with Crippen molar-refractivity contribution in [2.45, 2.75) is 6.61 Å². The van der Waals surface area contributed by atoms with Gasteiger partial charge in [0, 0.05) is 20.4 Å². The van der Waals surface area contributed by atoms with Crippen molar-refractivity contribution in [1.82, 2.24) is 0 Å². The van der Waals surface area contributed by atoms with Gasteiger partial charge in [-0.3, -0.25) is 4.79 Å². The Morgan fingerprint density at radius 2 is 1.81 bits per heavy atom. The first-order valence-corrected chi connectivity index (χ1v) is 9.85. The van der Waals surface area contributed by atoms with Gasteiger partial charge in [-0.15, -0.1) is 0 Å². The van der Waals surface area contributed by atoms with Gasteiger partial charge in [0.15, 0.2) is 0 Å². The molecule has 27 heavy (non-hydrogen) atoms. The molecule has 0 fully saturated rings. The van der Waals surface area contributed by atoms with E-state index in [1.54, 1.807) is 0 Å². The maximum atomic E-state index is 12.2. The summed E-state index contributed by atoms with van der Waals surface area (Å²) in [6, 6.07) is 21.3. The van der Waals surface area contributed by atoms with E-state index in [1.807, 2.05) is 72.8 Å². The first-order valence-electron chi connectivity index (χ1n) is 8.39. The minimum Gasteiger partial charge on any atom is -0.487 e. The smallest absolute Gasteiger partial charge is 0.256 e. The average molecular weight is 488 g/mol. The Balaban J connectivity index is 1.53. The second-order valence-electron chi connectivity index (χ2n) is 6.16. The number of benzene rings is 3. The van der Waals surface area contributed by atoms with Crippen LogP contribution < -0.4 is 10.1 Å². The topological polar surface area (TPSA) is 38.3 Å². The Labute approximate surface area is 176 Å². The third kappa shape index (κ3) is 4.01. The summed E-state index contributed by atoms with van der Waals surface area (Å²) in [5, 5.41) is 3.39. The molecule has 3 aromatic rings. The highest BCUT2D eigenvalue weighted by Gasteiger charge is 2.23. The molecule has 0 bridgehead atoms. The molecule has 1 aliphatic heterocycles. The summed E-state index contributed by atoms with van der Waals surface area (Å²) in [5.74, 6) is 0.514. The molecule has 0 atom stereocenters. The van der Waals surface area contributed by atoms with E-state index in [2.05, 4.69) is 27.9 Å². The molecule has 0 saturated carbocycles. The van der Waals surface area contributed by atoms with Crippen molar-refractivity contribution < 1.29 is 9.53 Å². The van der Waals surface area contributed by atoms with Crippen LogP contribution in [0.4, 0.5) is 5.69 Å². The number of carbonyl (C=O) groups excluding carboxylic acids is 1. The molecular formula is C22H15ClINO2. The van der Waals surface area contributed by atoms with Crippen molar-refractivity contribution in [2.24, 2.45) is 0 Å². The Morgan fingerprint density at radius 3 is 2.59 bits per heavy atom. The lowest BCUT2D eigenvalue weighted by molar-refractivity contribution is -0.110.